The Labute approximate surface area is 169 Å². The van der Waals surface area contributed by atoms with Crippen molar-refractivity contribution in [3.8, 4) is 0 Å². The molecule has 1 aromatic rings. The van der Waals surface area contributed by atoms with Gasteiger partial charge in [-0.1, -0.05) is 39.1 Å². The van der Waals surface area contributed by atoms with Crippen LogP contribution in [0, 0.1) is 51.8 Å². The van der Waals surface area contributed by atoms with E-state index >= 15 is 0 Å². The van der Waals surface area contributed by atoms with E-state index in [9.17, 15) is 35.2 Å². The van der Waals surface area contributed by atoms with Gasteiger partial charge in [0.1, 0.15) is 5.78 Å². The molecule has 0 radical (unpaired) electrons. The number of halogens is 5. The Morgan fingerprint density at radius 1 is 1.03 bits per heavy atom. The Hall–Kier alpha value is -1.20. The summed E-state index contributed by atoms with van der Waals surface area (Å²) in [6, 6.07) is 0. The van der Waals surface area contributed by atoms with Crippen molar-refractivity contribution in [2.45, 2.75) is 44.9 Å². The summed E-state index contributed by atoms with van der Waals surface area (Å²) in [7, 11) is -5.06. The van der Waals surface area contributed by atoms with Crippen molar-refractivity contribution in [2.75, 3.05) is 5.75 Å². The van der Waals surface area contributed by atoms with E-state index in [2.05, 4.69) is 6.92 Å². The van der Waals surface area contributed by atoms with Gasteiger partial charge >= 0.3 is 0 Å². The lowest BCUT2D eigenvalue weighted by Crippen LogP contribution is -2.51. The highest BCUT2D eigenvalue weighted by Crippen LogP contribution is 2.66. The van der Waals surface area contributed by atoms with Gasteiger partial charge in [0.05, 0.1) is 0 Å². The average Bonchev–Trinajstić information content (AvgIpc) is 2.83. The van der Waals surface area contributed by atoms with Crippen LogP contribution >= 0.6 is 11.9 Å². The molecule has 0 spiro atoms. The summed E-state index contributed by atoms with van der Waals surface area (Å²) in [5.41, 5.74) is -0.913. The van der Waals surface area contributed by atoms with Gasteiger partial charge in [-0.05, 0) is 23.7 Å². The van der Waals surface area contributed by atoms with Crippen LogP contribution in [0.4, 0.5) is 22.0 Å². The second-order valence-electron chi connectivity index (χ2n) is 8.27. The number of fused-ring (bicyclic) bond motifs is 1. The molecule has 1 aromatic carbocycles. The van der Waals surface area contributed by atoms with Crippen LogP contribution in [0.15, 0.2) is 4.90 Å². The number of rotatable bonds is 6. The monoisotopic (exact) mass is 457 g/mol. The number of sulfonamides is 1. The second kappa shape index (κ2) is 7.19. The van der Waals surface area contributed by atoms with Gasteiger partial charge in [0.25, 0.3) is 10.0 Å². The molecule has 11 heteroatoms. The van der Waals surface area contributed by atoms with E-state index in [1.165, 1.54) is 0 Å². The molecule has 2 fully saturated rings. The molecule has 2 saturated carbocycles. The number of hydrogen-bond acceptors (Lipinski definition) is 4. The molecule has 29 heavy (non-hydrogen) atoms. The fourth-order valence-corrected chi connectivity index (χ4v) is 7.51. The predicted octanol–water partition coefficient (Wildman–Crippen LogP) is 4.34. The summed E-state index contributed by atoms with van der Waals surface area (Å²) < 4.78 is 93.8. The number of nitrogens with one attached hydrogen (secondary N) is 1. The summed E-state index contributed by atoms with van der Waals surface area (Å²) in [4.78, 5) is 10.6. The van der Waals surface area contributed by atoms with Gasteiger partial charge in [-0.2, -0.15) is 4.13 Å². The highest BCUT2D eigenvalue weighted by atomic mass is 32.3. The molecular weight excluding hydrogens is 437 g/mol. The zero-order valence-corrected chi connectivity index (χ0v) is 17.5. The maximum Gasteiger partial charge on any atom is 0.255 e. The van der Waals surface area contributed by atoms with E-state index in [0.29, 0.717) is 18.4 Å². The van der Waals surface area contributed by atoms with Crippen LogP contribution in [0.25, 0.3) is 0 Å². The standard InChI is InChI=1S/C18H20F5NO3S2/c1-4-17(2)6-8-5-9(25)18(3,16(8)17)7-28-24-29(26,27)15-13(22)11(20)10(19)12(21)14(15)23/h8,16,24H,4-7H2,1-3H3. The summed E-state index contributed by atoms with van der Waals surface area (Å²) in [6.07, 6.45) is 2.14. The van der Waals surface area contributed by atoms with Crippen molar-refractivity contribution in [2.24, 2.45) is 22.7 Å². The van der Waals surface area contributed by atoms with Gasteiger partial charge in [-0.25, -0.2) is 30.4 Å². The number of benzene rings is 1. The van der Waals surface area contributed by atoms with Crippen LogP contribution in [0.2, 0.25) is 0 Å². The van der Waals surface area contributed by atoms with Crippen molar-refractivity contribution in [1.29, 1.82) is 0 Å². The van der Waals surface area contributed by atoms with Gasteiger partial charge in [0.15, 0.2) is 28.2 Å². The van der Waals surface area contributed by atoms with E-state index < -0.39 is 49.4 Å². The largest absolute Gasteiger partial charge is 0.299 e. The molecule has 0 heterocycles. The summed E-state index contributed by atoms with van der Waals surface area (Å²) in [5, 5.41) is 0. The van der Waals surface area contributed by atoms with Crippen molar-refractivity contribution in [3.05, 3.63) is 29.1 Å². The molecule has 0 aromatic heterocycles. The first kappa shape index (κ1) is 22.5. The molecule has 1 N–H and O–H groups in total. The quantitative estimate of drug-likeness (QED) is 0.299. The predicted molar refractivity (Wildman–Crippen MR) is 96.7 cm³/mol. The van der Waals surface area contributed by atoms with Crippen LogP contribution in [0.1, 0.15) is 40.0 Å². The van der Waals surface area contributed by atoms with Crippen LogP contribution in [0.3, 0.4) is 0 Å². The third-order valence-electron chi connectivity index (χ3n) is 6.51. The minimum atomic E-state index is -5.06. The average molecular weight is 457 g/mol. The van der Waals surface area contributed by atoms with Crippen molar-refractivity contribution < 1.29 is 35.2 Å². The molecule has 2 aliphatic carbocycles. The number of carbonyl (C=O) groups is 1. The molecule has 4 nitrogen and oxygen atoms in total. The van der Waals surface area contributed by atoms with E-state index in [1.54, 1.807) is 6.92 Å². The van der Waals surface area contributed by atoms with E-state index in [-0.39, 0.29) is 28.8 Å². The highest BCUT2D eigenvalue weighted by molar-refractivity contribution is 8.09. The van der Waals surface area contributed by atoms with Crippen molar-refractivity contribution in [3.63, 3.8) is 0 Å². The summed E-state index contributed by atoms with van der Waals surface area (Å²) in [6.45, 7) is 5.81. The van der Waals surface area contributed by atoms with Crippen LogP contribution < -0.4 is 4.13 Å². The molecule has 2 aliphatic rings. The maximum atomic E-state index is 13.8. The SMILES string of the molecule is CCC1(C)CC2CC(=O)C(C)(CSNS(=O)(=O)c3c(F)c(F)c(F)c(F)c3F)C21. The molecule has 0 bridgehead atoms. The third kappa shape index (κ3) is 3.29. The number of hydrogen-bond donors (Lipinski definition) is 1. The molecule has 0 saturated heterocycles. The van der Waals surface area contributed by atoms with Gasteiger partial charge < -0.3 is 0 Å². The van der Waals surface area contributed by atoms with Crippen LogP contribution in [-0.2, 0) is 14.8 Å². The van der Waals surface area contributed by atoms with Gasteiger partial charge in [0.2, 0.25) is 5.82 Å². The molecule has 4 atom stereocenters. The molecule has 0 amide bonds. The Morgan fingerprint density at radius 3 is 2.07 bits per heavy atom. The summed E-state index contributed by atoms with van der Waals surface area (Å²) >= 11 is 0.508. The molecule has 0 aliphatic heterocycles. The number of carbonyl (C=O) groups excluding carboxylic acids is 1. The normalized spacial score (nSPS) is 31.7. The van der Waals surface area contributed by atoms with E-state index in [0.717, 1.165) is 12.8 Å². The van der Waals surface area contributed by atoms with Crippen LogP contribution in [0.5, 0.6) is 0 Å². The second-order valence-corrected chi connectivity index (χ2v) is 10.9. The first-order valence-corrected chi connectivity index (χ1v) is 11.5. The number of Topliss-reactive ketones (excluding diaryl/α,β-unsaturated/α-hetero) is 1. The van der Waals surface area contributed by atoms with Crippen molar-refractivity contribution in [1.82, 2.24) is 4.13 Å². The number of ketones is 1. The minimum absolute atomic E-state index is 0.0166. The first-order chi connectivity index (χ1) is 13.3. The van der Waals surface area contributed by atoms with E-state index in [1.807, 2.05) is 11.1 Å². The zero-order valence-electron chi connectivity index (χ0n) is 15.9. The lowest BCUT2D eigenvalue weighted by atomic mass is 9.50. The smallest absolute Gasteiger partial charge is 0.255 e. The Balaban J connectivity index is 1.81. The Bertz CT molecular complexity index is 957. The molecule has 162 valence electrons. The third-order valence-corrected chi connectivity index (χ3v) is 9.50. The lowest BCUT2D eigenvalue weighted by Gasteiger charge is -2.55. The molecule has 4 unspecified atom stereocenters. The van der Waals surface area contributed by atoms with Crippen molar-refractivity contribution >= 4 is 27.8 Å². The van der Waals surface area contributed by atoms with Gasteiger partial charge in [-0.3, -0.25) is 4.79 Å². The maximum absolute atomic E-state index is 13.8. The molecule has 3 rings (SSSR count). The Kier molecular flexibility index (Phi) is 5.58. The molecular formula is C18H20F5NO3S2. The lowest BCUT2D eigenvalue weighted by molar-refractivity contribution is -0.128. The fraction of sp³-hybridized carbons (Fsp3) is 0.611. The topological polar surface area (TPSA) is 63.2 Å². The highest BCUT2D eigenvalue weighted by Gasteiger charge is 2.64. The van der Waals surface area contributed by atoms with E-state index in [4.69, 9.17) is 0 Å². The van der Waals surface area contributed by atoms with Gasteiger partial charge in [0, 0.05) is 17.6 Å². The zero-order chi connectivity index (χ0) is 21.9. The Morgan fingerprint density at radius 2 is 1.55 bits per heavy atom. The van der Waals surface area contributed by atoms with Gasteiger partial charge in [-0.15, -0.1) is 0 Å². The fourth-order valence-electron chi connectivity index (χ4n) is 5.03. The summed E-state index contributed by atoms with van der Waals surface area (Å²) in [5.74, 6) is -11.8. The van der Waals surface area contributed by atoms with Crippen LogP contribution in [-0.4, -0.2) is 20.0 Å². The minimum Gasteiger partial charge on any atom is -0.299 e. The first-order valence-electron chi connectivity index (χ1n) is 8.98.